The molecule has 0 amide bonds. The van der Waals surface area contributed by atoms with Crippen LogP contribution in [0.5, 0.6) is 0 Å². The highest BCUT2D eigenvalue weighted by Crippen LogP contribution is 2.35. The maximum Gasteiger partial charge on any atom is 0.419 e. The monoisotopic (exact) mass is 287 g/mol. The molecule has 0 spiro atoms. The van der Waals surface area contributed by atoms with E-state index in [1.54, 1.807) is 4.90 Å². The molecule has 0 aromatic carbocycles. The van der Waals surface area contributed by atoms with Crippen molar-refractivity contribution in [2.24, 2.45) is 0 Å². The van der Waals surface area contributed by atoms with E-state index in [1.165, 1.54) is 12.3 Å². The number of pyridine rings is 1. The van der Waals surface area contributed by atoms with Gasteiger partial charge in [0.25, 0.3) is 0 Å². The highest BCUT2D eigenvalue weighted by molar-refractivity contribution is 5.48. The van der Waals surface area contributed by atoms with Gasteiger partial charge in [0.1, 0.15) is 5.82 Å². The van der Waals surface area contributed by atoms with Gasteiger partial charge in [-0.2, -0.15) is 13.2 Å². The Morgan fingerprint density at radius 3 is 2.85 bits per heavy atom. The van der Waals surface area contributed by atoms with Gasteiger partial charge in [0.05, 0.1) is 5.56 Å². The largest absolute Gasteiger partial charge is 0.419 e. The van der Waals surface area contributed by atoms with Gasteiger partial charge in [-0.25, -0.2) is 4.98 Å². The topological polar surface area (TPSA) is 28.2 Å². The van der Waals surface area contributed by atoms with Gasteiger partial charge in [0, 0.05) is 25.3 Å². The number of nitrogens with one attached hydrogen (secondary N) is 1. The minimum atomic E-state index is -4.36. The van der Waals surface area contributed by atoms with Crippen LogP contribution >= 0.6 is 0 Å². The molecule has 0 aliphatic carbocycles. The number of alkyl halides is 3. The van der Waals surface area contributed by atoms with Gasteiger partial charge in [-0.15, -0.1) is 0 Å². The number of hydrogen-bond acceptors (Lipinski definition) is 3. The van der Waals surface area contributed by atoms with Crippen molar-refractivity contribution in [3.05, 3.63) is 23.9 Å². The Labute approximate surface area is 117 Å². The number of anilines is 1. The Hall–Kier alpha value is -1.30. The molecule has 2 heterocycles. The molecule has 1 aromatic rings. The highest BCUT2D eigenvalue weighted by Gasteiger charge is 2.36. The standard InChI is InChI=1S/C14H20F3N3/c1-2-9-20(10-11-5-3-7-18-11)13-12(14(15,16)17)6-4-8-19-13/h4,6,8,11,18H,2-3,5,7,9-10H2,1H3. The van der Waals surface area contributed by atoms with Crippen molar-refractivity contribution in [1.82, 2.24) is 10.3 Å². The molecule has 1 N–H and O–H groups in total. The second kappa shape index (κ2) is 6.43. The number of rotatable bonds is 5. The summed E-state index contributed by atoms with van der Waals surface area (Å²) in [5, 5.41) is 3.32. The van der Waals surface area contributed by atoms with Crippen LogP contribution in [0.1, 0.15) is 31.7 Å². The van der Waals surface area contributed by atoms with Crippen LogP contribution in [0.3, 0.4) is 0 Å². The van der Waals surface area contributed by atoms with Crippen molar-refractivity contribution < 1.29 is 13.2 Å². The van der Waals surface area contributed by atoms with Crippen LogP contribution in [-0.4, -0.2) is 30.7 Å². The van der Waals surface area contributed by atoms with Crippen LogP contribution in [0.2, 0.25) is 0 Å². The minimum Gasteiger partial charge on any atom is -0.355 e. The van der Waals surface area contributed by atoms with Crippen LogP contribution in [0.15, 0.2) is 18.3 Å². The SMILES string of the molecule is CCCN(CC1CCCN1)c1ncccc1C(F)(F)F. The Balaban J connectivity index is 2.24. The van der Waals surface area contributed by atoms with E-state index >= 15 is 0 Å². The van der Waals surface area contributed by atoms with Crippen LogP contribution in [0.4, 0.5) is 19.0 Å². The second-order valence-electron chi connectivity index (χ2n) is 5.11. The summed E-state index contributed by atoms with van der Waals surface area (Å²) in [6, 6.07) is 2.70. The van der Waals surface area contributed by atoms with E-state index < -0.39 is 11.7 Å². The van der Waals surface area contributed by atoms with Crippen molar-refractivity contribution in [3.8, 4) is 0 Å². The molecule has 2 rings (SSSR count). The van der Waals surface area contributed by atoms with E-state index in [-0.39, 0.29) is 11.9 Å². The van der Waals surface area contributed by atoms with E-state index in [1.807, 2.05) is 6.92 Å². The minimum absolute atomic E-state index is 0.0514. The summed E-state index contributed by atoms with van der Waals surface area (Å²) < 4.78 is 39.2. The molecule has 1 unspecified atom stereocenters. The molecule has 1 aliphatic heterocycles. The van der Waals surface area contributed by atoms with Gasteiger partial charge in [-0.1, -0.05) is 6.92 Å². The number of halogens is 3. The lowest BCUT2D eigenvalue weighted by Gasteiger charge is -2.28. The first-order chi connectivity index (χ1) is 9.52. The molecule has 0 saturated carbocycles. The molecule has 1 aliphatic rings. The van der Waals surface area contributed by atoms with Gasteiger partial charge < -0.3 is 10.2 Å². The van der Waals surface area contributed by atoms with Crippen molar-refractivity contribution >= 4 is 5.82 Å². The Morgan fingerprint density at radius 1 is 1.45 bits per heavy atom. The Bertz CT molecular complexity index is 428. The molecule has 1 fully saturated rings. The molecular weight excluding hydrogens is 267 g/mol. The maximum atomic E-state index is 13.1. The van der Waals surface area contributed by atoms with E-state index in [9.17, 15) is 13.2 Å². The van der Waals surface area contributed by atoms with E-state index in [0.717, 1.165) is 31.9 Å². The molecule has 6 heteroatoms. The molecule has 3 nitrogen and oxygen atoms in total. The molecule has 0 radical (unpaired) electrons. The van der Waals surface area contributed by atoms with Crippen molar-refractivity contribution in [2.45, 2.75) is 38.4 Å². The third-order valence-electron chi connectivity index (χ3n) is 3.49. The van der Waals surface area contributed by atoms with Crippen LogP contribution < -0.4 is 10.2 Å². The Morgan fingerprint density at radius 2 is 2.25 bits per heavy atom. The molecule has 1 saturated heterocycles. The zero-order valence-corrected chi connectivity index (χ0v) is 11.6. The summed E-state index contributed by atoms with van der Waals surface area (Å²) in [6.45, 7) is 4.07. The fraction of sp³-hybridized carbons (Fsp3) is 0.643. The van der Waals surface area contributed by atoms with E-state index in [4.69, 9.17) is 0 Å². The van der Waals surface area contributed by atoms with Crippen molar-refractivity contribution in [1.29, 1.82) is 0 Å². The first kappa shape index (κ1) is 15.1. The van der Waals surface area contributed by atoms with Gasteiger partial charge in [0.15, 0.2) is 0 Å². The summed E-state index contributed by atoms with van der Waals surface area (Å²) in [7, 11) is 0. The predicted molar refractivity (Wildman–Crippen MR) is 72.8 cm³/mol. The lowest BCUT2D eigenvalue weighted by Crippen LogP contribution is -2.39. The quantitative estimate of drug-likeness (QED) is 0.902. The maximum absolute atomic E-state index is 13.1. The summed E-state index contributed by atoms with van der Waals surface area (Å²) in [6.07, 6.45) is -0.0536. The van der Waals surface area contributed by atoms with E-state index in [0.29, 0.717) is 13.1 Å². The zero-order valence-electron chi connectivity index (χ0n) is 11.6. The van der Waals surface area contributed by atoms with Crippen molar-refractivity contribution in [2.75, 3.05) is 24.5 Å². The zero-order chi connectivity index (χ0) is 14.6. The first-order valence-electron chi connectivity index (χ1n) is 7.03. The van der Waals surface area contributed by atoms with Crippen LogP contribution in [0.25, 0.3) is 0 Å². The fourth-order valence-electron chi connectivity index (χ4n) is 2.60. The second-order valence-corrected chi connectivity index (χ2v) is 5.11. The predicted octanol–water partition coefficient (Wildman–Crippen LogP) is 3.07. The number of aromatic nitrogens is 1. The van der Waals surface area contributed by atoms with Gasteiger partial charge in [-0.3, -0.25) is 0 Å². The Kier molecular flexibility index (Phi) is 4.86. The summed E-state index contributed by atoms with van der Waals surface area (Å²) in [5.41, 5.74) is -0.647. The fourth-order valence-corrected chi connectivity index (χ4v) is 2.60. The summed E-state index contributed by atoms with van der Waals surface area (Å²) >= 11 is 0. The third kappa shape index (κ3) is 3.62. The molecule has 0 bridgehead atoms. The lowest BCUT2D eigenvalue weighted by molar-refractivity contribution is -0.137. The first-order valence-corrected chi connectivity index (χ1v) is 7.03. The van der Waals surface area contributed by atoms with Crippen LogP contribution in [-0.2, 0) is 6.18 Å². The van der Waals surface area contributed by atoms with E-state index in [2.05, 4.69) is 10.3 Å². The van der Waals surface area contributed by atoms with Gasteiger partial charge >= 0.3 is 6.18 Å². The number of hydrogen-bond donors (Lipinski definition) is 1. The highest BCUT2D eigenvalue weighted by atomic mass is 19.4. The smallest absolute Gasteiger partial charge is 0.355 e. The van der Waals surface area contributed by atoms with Gasteiger partial charge in [-0.05, 0) is 37.9 Å². The molecule has 112 valence electrons. The van der Waals surface area contributed by atoms with Crippen LogP contribution in [0, 0.1) is 0 Å². The molecule has 1 aromatic heterocycles. The molecular formula is C14H20F3N3. The average molecular weight is 287 g/mol. The average Bonchev–Trinajstić information content (AvgIpc) is 2.90. The van der Waals surface area contributed by atoms with Crippen molar-refractivity contribution in [3.63, 3.8) is 0 Å². The number of nitrogens with zero attached hydrogens (tertiary/aromatic N) is 2. The summed E-state index contributed by atoms with van der Waals surface area (Å²) in [4.78, 5) is 5.74. The lowest BCUT2D eigenvalue weighted by atomic mass is 10.1. The molecule has 1 atom stereocenters. The molecule has 20 heavy (non-hydrogen) atoms. The van der Waals surface area contributed by atoms with Gasteiger partial charge in [0.2, 0.25) is 0 Å². The normalized spacial score (nSPS) is 19.3. The summed E-state index contributed by atoms with van der Waals surface area (Å²) in [5.74, 6) is 0.0514. The third-order valence-corrected chi connectivity index (χ3v) is 3.49.